The molecule has 0 fully saturated rings. The molecule has 252 valence electrons. The number of allylic oxidation sites excluding steroid dienone is 1. The Hall–Kier alpha value is -6.23. The van der Waals surface area contributed by atoms with Crippen LogP contribution in [0, 0.1) is 0 Å². The van der Waals surface area contributed by atoms with Crippen molar-refractivity contribution < 1.29 is 23.7 Å². The van der Waals surface area contributed by atoms with Crippen molar-refractivity contribution >= 4 is 28.5 Å². The van der Waals surface area contributed by atoms with Crippen LogP contribution in [0.1, 0.15) is 63.0 Å². The van der Waals surface area contributed by atoms with Crippen LogP contribution in [0.4, 0.5) is 0 Å². The first-order chi connectivity index (χ1) is 24.6. The number of amides is 1. The van der Waals surface area contributed by atoms with Gasteiger partial charge >= 0.3 is 0 Å². The number of nitrogens with one attached hydrogen (secondary N) is 2. The highest BCUT2D eigenvalue weighted by atomic mass is 16.5. The minimum absolute atomic E-state index is 0.256. The van der Waals surface area contributed by atoms with Gasteiger partial charge in [0.05, 0.1) is 38.1 Å². The number of ether oxygens (including phenoxy) is 4. The summed E-state index contributed by atoms with van der Waals surface area (Å²) in [6.07, 6.45) is 4.42. The number of H-pyrrole nitrogens is 1. The standard InChI is InChI=1S/C39H36N6O5/c1-47-32-21-25(22-33(48-2)37(32)49-3)20-27-12-9-14-30-34(29-13-7-8-15-31(29)40-35(27)30)39(46)41-36(38-42-44-45-43-38)26-16-18-28(19-17-26)50-23-24-10-5-4-6-11-24/h4-8,10-11,13,15-22,36H,9,12,14,23H2,1-3H3,(H,41,46)(H,42,43,44,45)/b27-20-. The minimum atomic E-state index is -0.676. The Labute approximate surface area is 289 Å². The molecule has 1 aliphatic carbocycles. The summed E-state index contributed by atoms with van der Waals surface area (Å²) in [6.45, 7) is 0.446. The molecule has 2 aromatic heterocycles. The lowest BCUT2D eigenvalue weighted by molar-refractivity contribution is 0.0942. The fourth-order valence-electron chi connectivity index (χ4n) is 6.41. The minimum Gasteiger partial charge on any atom is -0.493 e. The third-order valence-electron chi connectivity index (χ3n) is 8.78. The van der Waals surface area contributed by atoms with E-state index in [-0.39, 0.29) is 5.91 Å². The second-order valence-corrected chi connectivity index (χ2v) is 11.8. The Balaban J connectivity index is 1.24. The normalized spacial score (nSPS) is 13.8. The van der Waals surface area contributed by atoms with Crippen LogP contribution in [-0.4, -0.2) is 52.8 Å². The third-order valence-corrected chi connectivity index (χ3v) is 8.78. The Kier molecular flexibility index (Phi) is 9.37. The van der Waals surface area contributed by atoms with Crippen molar-refractivity contribution in [3.05, 3.63) is 130 Å². The fourth-order valence-corrected chi connectivity index (χ4v) is 6.41. The Morgan fingerprint density at radius 2 is 1.64 bits per heavy atom. The van der Waals surface area contributed by atoms with Crippen molar-refractivity contribution in [1.82, 2.24) is 30.9 Å². The number of aromatic amines is 1. The summed E-state index contributed by atoms with van der Waals surface area (Å²) in [5, 5.41) is 18.8. The van der Waals surface area contributed by atoms with E-state index in [2.05, 4.69) is 32.0 Å². The van der Waals surface area contributed by atoms with Crippen LogP contribution in [0.3, 0.4) is 0 Å². The van der Waals surface area contributed by atoms with Gasteiger partial charge in [0.15, 0.2) is 11.5 Å². The van der Waals surface area contributed by atoms with Crippen LogP contribution in [0.25, 0.3) is 22.6 Å². The van der Waals surface area contributed by atoms with Gasteiger partial charge in [-0.2, -0.15) is 5.21 Å². The number of benzene rings is 4. The second-order valence-electron chi connectivity index (χ2n) is 11.8. The van der Waals surface area contributed by atoms with Crippen LogP contribution in [-0.2, 0) is 13.0 Å². The molecular formula is C39H36N6O5. The quantitative estimate of drug-likeness (QED) is 0.154. The molecule has 2 N–H and O–H groups in total. The van der Waals surface area contributed by atoms with Crippen molar-refractivity contribution in [2.45, 2.75) is 31.9 Å². The van der Waals surface area contributed by atoms with E-state index in [4.69, 9.17) is 23.9 Å². The number of hydrogen-bond donors (Lipinski definition) is 2. The van der Waals surface area contributed by atoms with E-state index in [1.807, 2.05) is 91.0 Å². The summed E-state index contributed by atoms with van der Waals surface area (Å²) < 4.78 is 22.7. The zero-order valence-electron chi connectivity index (χ0n) is 28.0. The molecule has 7 rings (SSSR count). The lowest BCUT2D eigenvalue weighted by atomic mass is 9.85. The molecule has 50 heavy (non-hydrogen) atoms. The molecule has 0 radical (unpaired) electrons. The predicted octanol–water partition coefficient (Wildman–Crippen LogP) is 6.75. The molecule has 1 unspecified atom stereocenters. The van der Waals surface area contributed by atoms with Crippen LogP contribution >= 0.6 is 0 Å². The maximum absolute atomic E-state index is 14.5. The largest absolute Gasteiger partial charge is 0.493 e. The van der Waals surface area contributed by atoms with E-state index in [1.165, 1.54) is 0 Å². The van der Waals surface area contributed by atoms with Crippen LogP contribution in [0.2, 0.25) is 0 Å². The summed E-state index contributed by atoms with van der Waals surface area (Å²) in [7, 11) is 4.77. The number of hydrogen-bond acceptors (Lipinski definition) is 9. The number of tetrazole rings is 1. The summed E-state index contributed by atoms with van der Waals surface area (Å²) in [4.78, 5) is 19.6. The maximum atomic E-state index is 14.5. The smallest absolute Gasteiger partial charge is 0.253 e. The van der Waals surface area contributed by atoms with E-state index in [0.717, 1.165) is 57.3 Å². The maximum Gasteiger partial charge on any atom is 0.253 e. The second kappa shape index (κ2) is 14.5. The predicted molar refractivity (Wildman–Crippen MR) is 189 cm³/mol. The third kappa shape index (κ3) is 6.57. The Morgan fingerprint density at radius 1 is 0.900 bits per heavy atom. The number of rotatable bonds is 11. The first-order valence-corrected chi connectivity index (χ1v) is 16.3. The monoisotopic (exact) mass is 668 g/mol. The highest BCUT2D eigenvalue weighted by Gasteiger charge is 2.29. The molecule has 4 aromatic carbocycles. The van der Waals surface area contributed by atoms with Crippen molar-refractivity contribution in [2.75, 3.05) is 21.3 Å². The van der Waals surface area contributed by atoms with Gasteiger partial charge in [-0.05, 0) is 83.5 Å². The van der Waals surface area contributed by atoms with Gasteiger partial charge in [0.2, 0.25) is 11.6 Å². The number of nitrogens with zero attached hydrogens (tertiary/aromatic N) is 4. The molecule has 2 heterocycles. The number of aromatic nitrogens is 5. The van der Waals surface area contributed by atoms with E-state index in [9.17, 15) is 4.79 Å². The molecule has 11 heteroatoms. The van der Waals surface area contributed by atoms with Gasteiger partial charge in [0.1, 0.15) is 18.4 Å². The molecule has 1 atom stereocenters. The van der Waals surface area contributed by atoms with E-state index in [0.29, 0.717) is 47.4 Å². The van der Waals surface area contributed by atoms with Crippen LogP contribution in [0.5, 0.6) is 23.0 Å². The van der Waals surface area contributed by atoms with Gasteiger partial charge in [-0.1, -0.05) is 65.9 Å². The summed E-state index contributed by atoms with van der Waals surface area (Å²) in [5.74, 6) is 2.43. The molecule has 0 saturated carbocycles. The summed E-state index contributed by atoms with van der Waals surface area (Å²) >= 11 is 0. The van der Waals surface area contributed by atoms with Crippen molar-refractivity contribution in [2.24, 2.45) is 0 Å². The number of carbonyl (C=O) groups is 1. The van der Waals surface area contributed by atoms with E-state index < -0.39 is 6.04 Å². The first-order valence-electron chi connectivity index (χ1n) is 16.3. The van der Waals surface area contributed by atoms with Crippen molar-refractivity contribution in [3.63, 3.8) is 0 Å². The molecule has 0 saturated heterocycles. The van der Waals surface area contributed by atoms with Gasteiger partial charge in [-0.3, -0.25) is 4.79 Å². The van der Waals surface area contributed by atoms with E-state index >= 15 is 0 Å². The van der Waals surface area contributed by atoms with Crippen LogP contribution < -0.4 is 24.3 Å². The van der Waals surface area contributed by atoms with Gasteiger partial charge < -0.3 is 24.3 Å². The SMILES string of the molecule is COc1cc(/C=C2/CCCc3c2nc2ccccc2c3C(=O)NC(c2ccc(OCc3ccccc3)cc2)c2nn[nH]n2)cc(OC)c1OC. The fraction of sp³-hybridized carbons (Fsp3) is 0.205. The zero-order chi connectivity index (χ0) is 34.5. The number of pyridine rings is 1. The number of fused-ring (bicyclic) bond motifs is 2. The first kappa shape index (κ1) is 32.3. The van der Waals surface area contributed by atoms with Gasteiger partial charge in [-0.15, -0.1) is 10.2 Å². The lowest BCUT2D eigenvalue weighted by Gasteiger charge is -2.24. The number of methoxy groups -OCH3 is 3. The number of carbonyl (C=O) groups excluding carboxylic acids is 1. The molecule has 6 aromatic rings. The molecule has 0 spiro atoms. The van der Waals surface area contributed by atoms with Gasteiger partial charge in [0.25, 0.3) is 5.91 Å². The van der Waals surface area contributed by atoms with Crippen molar-refractivity contribution in [1.29, 1.82) is 0 Å². The van der Waals surface area contributed by atoms with Gasteiger partial charge in [-0.25, -0.2) is 4.98 Å². The highest BCUT2D eigenvalue weighted by Crippen LogP contribution is 2.41. The Morgan fingerprint density at radius 3 is 2.34 bits per heavy atom. The zero-order valence-corrected chi connectivity index (χ0v) is 28.0. The van der Waals surface area contributed by atoms with Crippen LogP contribution in [0.15, 0.2) is 91.0 Å². The van der Waals surface area contributed by atoms with Gasteiger partial charge in [0, 0.05) is 5.39 Å². The topological polar surface area (TPSA) is 133 Å². The van der Waals surface area contributed by atoms with Crippen molar-refractivity contribution in [3.8, 4) is 23.0 Å². The number of para-hydroxylation sites is 1. The molecule has 0 bridgehead atoms. The average molecular weight is 669 g/mol. The summed E-state index contributed by atoms with van der Waals surface area (Å²) in [5.41, 5.74) is 6.73. The summed E-state index contributed by atoms with van der Waals surface area (Å²) in [6, 6.07) is 28.4. The molecule has 11 nitrogen and oxygen atoms in total. The molecule has 0 aliphatic heterocycles. The highest BCUT2D eigenvalue weighted by molar-refractivity contribution is 6.09. The lowest BCUT2D eigenvalue weighted by Crippen LogP contribution is -2.31. The molecular weight excluding hydrogens is 632 g/mol. The molecule has 1 aliphatic rings. The Bertz CT molecular complexity index is 2130. The average Bonchev–Trinajstić information content (AvgIpc) is 3.70. The van der Waals surface area contributed by atoms with E-state index in [1.54, 1.807) is 21.3 Å². The molecule has 1 amide bonds.